The monoisotopic (exact) mass is 854 g/mol. The second-order valence-electron chi connectivity index (χ2n) is 10.1. The summed E-state index contributed by atoms with van der Waals surface area (Å²) in [6.45, 7) is 14.9. The topological polar surface area (TPSA) is 129 Å². The van der Waals surface area contributed by atoms with Gasteiger partial charge in [-0.05, 0) is 75.2 Å². The van der Waals surface area contributed by atoms with Crippen LogP contribution in [0, 0.1) is 13.8 Å². The standard InChI is InChI=1S/2C19H19NO4.4ClH.Zn/c2*1-4-18(21)24-16-12-15(17(23-5-2)11-13(16)3)20-19(22)14-9-7-6-8-10-14;;;;;/h2*4,6-12H,1,5H2,2-3H3,(H,20,22);4*1H;/q;;;;;;+2/p-4. The van der Waals surface area contributed by atoms with Crippen molar-refractivity contribution in [3.8, 4) is 23.0 Å². The van der Waals surface area contributed by atoms with Crippen LogP contribution in [0.4, 0.5) is 11.4 Å². The van der Waals surface area contributed by atoms with Gasteiger partial charge < -0.3 is 54.4 Å². The Labute approximate surface area is 337 Å². The molecule has 0 radical (unpaired) electrons. The van der Waals surface area contributed by atoms with Gasteiger partial charge in [0.1, 0.15) is 23.0 Å². The molecule has 0 aromatic heterocycles. The molecule has 4 rings (SSSR count). The molecule has 280 valence electrons. The van der Waals surface area contributed by atoms with E-state index in [4.69, 9.17) is 38.3 Å². The van der Waals surface area contributed by atoms with Crippen LogP contribution in [0.2, 0.25) is 0 Å². The molecule has 0 spiro atoms. The average Bonchev–Trinajstić information content (AvgIpc) is 3.13. The molecule has 0 aliphatic rings. The molecule has 10 nitrogen and oxygen atoms in total. The van der Waals surface area contributed by atoms with Crippen molar-refractivity contribution in [1.29, 1.82) is 0 Å². The van der Waals surface area contributed by atoms with E-state index in [-0.39, 0.29) is 36.6 Å². The number of anilines is 2. The molecular formula is C38H38Cl4N2O8Zn-2. The van der Waals surface area contributed by atoms with Gasteiger partial charge in [0.15, 0.2) is 0 Å². The van der Waals surface area contributed by atoms with E-state index in [1.54, 1.807) is 86.6 Å². The summed E-state index contributed by atoms with van der Waals surface area (Å²) in [4.78, 5) is 47.6. The number of nitrogens with one attached hydrogen (secondary N) is 2. The molecule has 2 amide bonds. The number of carbonyl (C=O) groups is 4. The van der Waals surface area contributed by atoms with Crippen LogP contribution < -0.4 is 54.4 Å². The Morgan fingerprint density at radius 1 is 0.623 bits per heavy atom. The molecule has 0 unspecified atom stereocenters. The molecule has 0 aliphatic carbocycles. The molecule has 0 heterocycles. The van der Waals surface area contributed by atoms with Crippen LogP contribution in [0.5, 0.6) is 23.0 Å². The van der Waals surface area contributed by atoms with Crippen LogP contribution >= 0.6 is 19.4 Å². The number of esters is 2. The van der Waals surface area contributed by atoms with Gasteiger partial charge in [-0.15, -0.1) is 0 Å². The first-order valence-corrected chi connectivity index (χ1v) is 23.4. The van der Waals surface area contributed by atoms with Gasteiger partial charge in [0.25, 0.3) is 11.8 Å². The normalized spacial score (nSPS) is 9.17. The Bertz CT molecular complexity index is 1680. The minimum atomic E-state index is -0.931. The van der Waals surface area contributed by atoms with Gasteiger partial charge in [0.05, 0.1) is 24.6 Å². The number of rotatable bonds is 12. The predicted octanol–water partition coefficient (Wildman–Crippen LogP) is 2.86. The predicted molar refractivity (Wildman–Crippen MR) is 197 cm³/mol. The molecule has 0 fully saturated rings. The molecule has 2 N–H and O–H groups in total. The fourth-order valence-corrected chi connectivity index (χ4v) is 4.16. The molecule has 4 aromatic carbocycles. The molecule has 15 heteroatoms. The summed E-state index contributed by atoms with van der Waals surface area (Å²) < 4.78 is 21.5. The zero-order chi connectivity index (χ0) is 37.8. The van der Waals surface area contributed by atoms with Crippen LogP contribution in [0.15, 0.2) is 110 Å². The van der Waals surface area contributed by atoms with E-state index in [0.717, 1.165) is 12.2 Å². The van der Waals surface area contributed by atoms with E-state index in [1.807, 2.05) is 26.0 Å². The molecule has 0 saturated heterocycles. The van der Waals surface area contributed by atoms with Gasteiger partial charge in [-0.2, -0.15) is 0 Å². The maximum absolute atomic E-state index is 12.4. The van der Waals surface area contributed by atoms with Crippen molar-refractivity contribution < 1.29 is 78.1 Å². The molecular weight excluding hydrogens is 820 g/mol. The summed E-state index contributed by atoms with van der Waals surface area (Å²) in [5.41, 5.74) is 3.33. The molecule has 0 aliphatic heterocycles. The zero-order valence-corrected chi connectivity index (χ0v) is 35.5. The summed E-state index contributed by atoms with van der Waals surface area (Å²) in [6.07, 6.45) is 2.16. The van der Waals surface area contributed by atoms with E-state index in [2.05, 4.69) is 23.8 Å². The minimum absolute atomic E-state index is 0. The molecule has 53 heavy (non-hydrogen) atoms. The Kier molecular flexibility index (Phi) is 24.2. The maximum atomic E-state index is 12.4. The molecule has 0 atom stereocenters. The van der Waals surface area contributed by atoms with Crippen molar-refractivity contribution in [2.75, 3.05) is 23.8 Å². The van der Waals surface area contributed by atoms with E-state index in [9.17, 15) is 19.2 Å². The van der Waals surface area contributed by atoms with E-state index >= 15 is 0 Å². The quantitative estimate of drug-likeness (QED) is 0.0965. The number of aryl methyl sites for hydroxylation is 2. The average molecular weight is 858 g/mol. The zero-order valence-electron chi connectivity index (χ0n) is 29.6. The number of halogens is 4. The van der Waals surface area contributed by atoms with E-state index in [0.29, 0.717) is 69.8 Å². The fourth-order valence-electron chi connectivity index (χ4n) is 4.16. The van der Waals surface area contributed by atoms with Crippen LogP contribution in [0.3, 0.4) is 0 Å². The van der Waals surface area contributed by atoms with Gasteiger partial charge in [-0.1, -0.05) is 49.6 Å². The van der Waals surface area contributed by atoms with Crippen molar-refractivity contribution in [1.82, 2.24) is 0 Å². The second kappa shape index (κ2) is 26.4. The van der Waals surface area contributed by atoms with Crippen molar-refractivity contribution in [3.05, 3.63) is 132 Å². The van der Waals surface area contributed by atoms with Gasteiger partial charge in [0.2, 0.25) is 0 Å². The van der Waals surface area contributed by atoms with Crippen LogP contribution in [0.1, 0.15) is 45.7 Å². The summed E-state index contributed by atoms with van der Waals surface area (Å²) in [5.74, 6) is 0.0156. The van der Waals surface area contributed by atoms with Gasteiger partial charge in [0, 0.05) is 35.4 Å². The molecule has 0 saturated carbocycles. The van der Waals surface area contributed by atoms with E-state index < -0.39 is 27.1 Å². The van der Waals surface area contributed by atoms with Crippen LogP contribution in [-0.4, -0.2) is 37.0 Å². The first-order chi connectivity index (χ1) is 24.5. The van der Waals surface area contributed by atoms with Crippen LogP contribution in [0.25, 0.3) is 0 Å². The van der Waals surface area contributed by atoms with Crippen LogP contribution in [-0.2, 0) is 24.7 Å². The number of ether oxygens (including phenoxy) is 4. The van der Waals surface area contributed by atoms with Crippen molar-refractivity contribution in [2.24, 2.45) is 0 Å². The Morgan fingerprint density at radius 2 is 0.943 bits per heavy atom. The third-order valence-electron chi connectivity index (χ3n) is 6.48. The number of carbonyl (C=O) groups excluding carboxylic acids is 4. The van der Waals surface area contributed by atoms with Crippen molar-refractivity contribution in [3.63, 3.8) is 0 Å². The second-order valence-corrected chi connectivity index (χ2v) is 14.7. The number of amides is 2. The number of benzene rings is 4. The Morgan fingerprint density at radius 3 is 1.23 bits per heavy atom. The number of hydrogen-bond acceptors (Lipinski definition) is 8. The first kappa shape index (κ1) is 48.6. The summed E-state index contributed by atoms with van der Waals surface area (Å²) in [5, 5.41) is 5.58. The van der Waals surface area contributed by atoms with E-state index in [1.165, 1.54) is 0 Å². The summed E-state index contributed by atoms with van der Waals surface area (Å²) in [7, 11) is 9.90. The summed E-state index contributed by atoms with van der Waals surface area (Å²) >= 11 is -0.931. The number of hydrogen-bond donors (Lipinski definition) is 2. The fraction of sp³-hybridized carbons (Fsp3) is 0.158. The molecule has 0 bridgehead atoms. The van der Waals surface area contributed by atoms with Crippen molar-refractivity contribution >= 4 is 54.5 Å². The Balaban J connectivity index is 0.000000917. The molecule has 4 aromatic rings. The van der Waals surface area contributed by atoms with Gasteiger partial charge >= 0.3 is 46.5 Å². The first-order valence-electron chi connectivity index (χ1n) is 15.6. The van der Waals surface area contributed by atoms with Gasteiger partial charge in [-0.25, -0.2) is 9.59 Å². The third kappa shape index (κ3) is 16.5. The van der Waals surface area contributed by atoms with Crippen molar-refractivity contribution in [2.45, 2.75) is 27.7 Å². The SMILES string of the molecule is C=CC(=O)Oc1cc(NC(=O)c2ccccc2)c(OCC)cc1C.C=CC(=O)Oc1cc(NC(=O)c2ccccc2)c(OCC)cc1C.[Cl-].[Cl-].[Cl][Zn][Cl]. The third-order valence-corrected chi connectivity index (χ3v) is 6.48. The summed E-state index contributed by atoms with van der Waals surface area (Å²) in [6, 6.07) is 24.2. The van der Waals surface area contributed by atoms with Gasteiger partial charge in [-0.3, -0.25) is 9.59 Å². The Hall–Kier alpha value is -4.38.